The molecule has 0 aliphatic carbocycles. The zero-order chi connectivity index (χ0) is 23.4. The Kier molecular flexibility index (Phi) is 7.62. The van der Waals surface area contributed by atoms with Crippen LogP contribution in [-0.2, 0) is 20.2 Å². The number of hydrogen-bond acceptors (Lipinski definition) is 4. The number of amides is 1. The zero-order valence-corrected chi connectivity index (χ0v) is 20.2. The first-order valence-corrected chi connectivity index (χ1v) is 12.6. The van der Waals surface area contributed by atoms with E-state index in [1.807, 2.05) is 25.1 Å². The first-order valence-electron chi connectivity index (χ1n) is 11.1. The van der Waals surface area contributed by atoms with Gasteiger partial charge in [0.25, 0.3) is 0 Å². The van der Waals surface area contributed by atoms with Gasteiger partial charge >= 0.3 is 0 Å². The molecule has 3 rings (SSSR count). The minimum Gasteiger partial charge on any atom is -0.497 e. The first-order chi connectivity index (χ1) is 15.1. The second-order valence-electron chi connectivity index (χ2n) is 9.22. The third kappa shape index (κ3) is 5.70. The summed E-state index contributed by atoms with van der Waals surface area (Å²) in [5, 5.41) is 3.15. The van der Waals surface area contributed by atoms with Crippen molar-refractivity contribution < 1.29 is 17.9 Å². The van der Waals surface area contributed by atoms with Crippen molar-refractivity contribution in [3.8, 4) is 5.75 Å². The molecule has 1 aliphatic heterocycles. The number of carbonyl (C=O) groups is 1. The van der Waals surface area contributed by atoms with Crippen LogP contribution in [0.25, 0.3) is 0 Å². The molecule has 1 fully saturated rings. The molecule has 1 saturated heterocycles. The van der Waals surface area contributed by atoms with Crippen molar-refractivity contribution in [1.82, 2.24) is 9.62 Å². The van der Waals surface area contributed by atoms with Crippen molar-refractivity contribution >= 4 is 15.9 Å². The molecule has 0 saturated carbocycles. The van der Waals surface area contributed by atoms with Gasteiger partial charge in [-0.1, -0.05) is 44.2 Å². The van der Waals surface area contributed by atoms with Crippen LogP contribution in [0, 0.1) is 5.92 Å². The van der Waals surface area contributed by atoms with Crippen molar-refractivity contribution in [2.75, 3.05) is 20.2 Å². The maximum absolute atomic E-state index is 12.9. The highest BCUT2D eigenvalue weighted by Crippen LogP contribution is 2.29. The number of piperidine rings is 1. The molecule has 174 valence electrons. The lowest BCUT2D eigenvalue weighted by Gasteiger charge is -2.33. The minimum atomic E-state index is -3.57. The Labute approximate surface area is 192 Å². The molecule has 0 radical (unpaired) electrons. The SMILES string of the molecule is COc1ccc(S(=O)(=O)N2CCC(C(=O)NC(C)CC(C)(C)c3ccccc3)CC2)cc1. The van der Waals surface area contributed by atoms with Gasteiger partial charge in [0.1, 0.15) is 5.75 Å². The molecule has 1 N–H and O–H groups in total. The summed E-state index contributed by atoms with van der Waals surface area (Å²) in [5.41, 5.74) is 1.20. The number of rotatable bonds is 8. The smallest absolute Gasteiger partial charge is 0.243 e. The fourth-order valence-corrected chi connectivity index (χ4v) is 5.91. The van der Waals surface area contributed by atoms with Gasteiger partial charge in [-0.2, -0.15) is 4.31 Å². The molecule has 1 unspecified atom stereocenters. The number of benzene rings is 2. The predicted molar refractivity (Wildman–Crippen MR) is 126 cm³/mol. The van der Waals surface area contributed by atoms with Crippen LogP contribution >= 0.6 is 0 Å². The summed E-state index contributed by atoms with van der Waals surface area (Å²) in [6.07, 6.45) is 1.87. The summed E-state index contributed by atoms with van der Waals surface area (Å²) >= 11 is 0. The number of nitrogens with one attached hydrogen (secondary N) is 1. The van der Waals surface area contributed by atoms with Gasteiger partial charge in [-0.05, 0) is 61.4 Å². The third-order valence-corrected chi connectivity index (χ3v) is 8.20. The molecule has 0 bridgehead atoms. The van der Waals surface area contributed by atoms with Crippen LogP contribution in [0.5, 0.6) is 5.75 Å². The highest BCUT2D eigenvalue weighted by atomic mass is 32.2. The van der Waals surface area contributed by atoms with Crippen LogP contribution in [0.3, 0.4) is 0 Å². The summed E-state index contributed by atoms with van der Waals surface area (Å²) in [4.78, 5) is 13.1. The van der Waals surface area contributed by atoms with E-state index in [1.165, 1.54) is 9.87 Å². The molecule has 1 aliphatic rings. The normalized spacial score (nSPS) is 17.0. The van der Waals surface area contributed by atoms with Gasteiger partial charge in [0.05, 0.1) is 12.0 Å². The largest absolute Gasteiger partial charge is 0.497 e. The summed E-state index contributed by atoms with van der Waals surface area (Å²) in [7, 11) is -2.02. The Morgan fingerprint density at radius 1 is 1.09 bits per heavy atom. The highest BCUT2D eigenvalue weighted by molar-refractivity contribution is 7.89. The van der Waals surface area contributed by atoms with Gasteiger partial charge in [-0.15, -0.1) is 0 Å². The lowest BCUT2D eigenvalue weighted by Crippen LogP contribution is -2.45. The van der Waals surface area contributed by atoms with Crippen LogP contribution in [0.1, 0.15) is 45.6 Å². The topological polar surface area (TPSA) is 75.7 Å². The summed E-state index contributed by atoms with van der Waals surface area (Å²) in [6.45, 7) is 7.10. The van der Waals surface area contributed by atoms with E-state index in [0.29, 0.717) is 31.7 Å². The Balaban J connectivity index is 1.53. The predicted octanol–water partition coefficient (Wildman–Crippen LogP) is 3.97. The van der Waals surface area contributed by atoms with Crippen molar-refractivity contribution in [2.24, 2.45) is 5.92 Å². The van der Waals surface area contributed by atoms with E-state index < -0.39 is 10.0 Å². The molecule has 0 aromatic heterocycles. The quantitative estimate of drug-likeness (QED) is 0.650. The molecule has 2 aromatic carbocycles. The first kappa shape index (κ1) is 24.3. The van der Waals surface area contributed by atoms with Crippen LogP contribution in [-0.4, -0.2) is 44.9 Å². The Morgan fingerprint density at radius 3 is 2.25 bits per heavy atom. The van der Waals surface area contributed by atoms with E-state index in [0.717, 1.165) is 6.42 Å². The van der Waals surface area contributed by atoms with Crippen LogP contribution in [0.2, 0.25) is 0 Å². The van der Waals surface area contributed by atoms with E-state index in [9.17, 15) is 13.2 Å². The van der Waals surface area contributed by atoms with E-state index in [2.05, 4.69) is 31.3 Å². The van der Waals surface area contributed by atoms with Crippen LogP contribution < -0.4 is 10.1 Å². The summed E-state index contributed by atoms with van der Waals surface area (Å²) in [6, 6.07) is 16.7. The Hall–Kier alpha value is -2.38. The van der Waals surface area contributed by atoms with E-state index >= 15 is 0 Å². The van der Waals surface area contributed by atoms with Gasteiger partial charge in [-0.3, -0.25) is 4.79 Å². The lowest BCUT2D eigenvalue weighted by molar-refractivity contribution is -0.126. The van der Waals surface area contributed by atoms with Gasteiger partial charge in [0.15, 0.2) is 0 Å². The molecular formula is C25H34N2O4S. The monoisotopic (exact) mass is 458 g/mol. The lowest BCUT2D eigenvalue weighted by atomic mass is 9.79. The van der Waals surface area contributed by atoms with Crippen molar-refractivity contribution in [1.29, 1.82) is 0 Å². The van der Waals surface area contributed by atoms with Crippen LogP contribution in [0.4, 0.5) is 0 Å². The van der Waals surface area contributed by atoms with Gasteiger partial charge in [0.2, 0.25) is 15.9 Å². The second kappa shape index (κ2) is 10.0. The number of hydrogen-bond donors (Lipinski definition) is 1. The number of carbonyl (C=O) groups excluding carboxylic acids is 1. The molecular weight excluding hydrogens is 424 g/mol. The van der Waals surface area contributed by atoms with Gasteiger partial charge in [0, 0.05) is 25.0 Å². The number of methoxy groups -OCH3 is 1. The minimum absolute atomic E-state index is 0.0165. The average molecular weight is 459 g/mol. The standard InChI is InChI=1S/C25H34N2O4S/c1-19(18-25(2,3)21-8-6-5-7-9-21)26-24(28)20-14-16-27(17-15-20)32(29,30)23-12-10-22(31-4)11-13-23/h5-13,19-20H,14-18H2,1-4H3,(H,26,28). The van der Waals surface area contributed by atoms with Crippen molar-refractivity contribution in [2.45, 2.75) is 56.4 Å². The van der Waals surface area contributed by atoms with E-state index in [4.69, 9.17) is 4.74 Å². The fourth-order valence-electron chi connectivity index (χ4n) is 4.44. The Morgan fingerprint density at radius 2 is 1.69 bits per heavy atom. The second-order valence-corrected chi connectivity index (χ2v) is 11.2. The summed E-state index contributed by atoms with van der Waals surface area (Å²) in [5.74, 6) is 0.464. The maximum Gasteiger partial charge on any atom is 0.243 e. The Bertz CT molecular complexity index is 996. The number of sulfonamides is 1. The van der Waals surface area contributed by atoms with Crippen molar-refractivity contribution in [3.05, 3.63) is 60.2 Å². The average Bonchev–Trinajstić information content (AvgIpc) is 2.79. The molecule has 1 atom stereocenters. The molecule has 1 amide bonds. The molecule has 6 nitrogen and oxygen atoms in total. The highest BCUT2D eigenvalue weighted by Gasteiger charge is 2.33. The zero-order valence-electron chi connectivity index (χ0n) is 19.4. The summed E-state index contributed by atoms with van der Waals surface area (Å²) < 4.78 is 32.4. The fraction of sp³-hybridized carbons (Fsp3) is 0.480. The molecule has 1 heterocycles. The molecule has 2 aromatic rings. The number of nitrogens with zero attached hydrogens (tertiary/aromatic N) is 1. The van der Waals surface area contributed by atoms with E-state index in [-0.39, 0.29) is 28.2 Å². The maximum atomic E-state index is 12.9. The molecule has 32 heavy (non-hydrogen) atoms. The molecule has 0 spiro atoms. The third-order valence-electron chi connectivity index (χ3n) is 6.28. The van der Waals surface area contributed by atoms with Gasteiger partial charge < -0.3 is 10.1 Å². The van der Waals surface area contributed by atoms with E-state index in [1.54, 1.807) is 31.4 Å². The van der Waals surface area contributed by atoms with Crippen molar-refractivity contribution in [3.63, 3.8) is 0 Å². The van der Waals surface area contributed by atoms with Gasteiger partial charge in [-0.25, -0.2) is 8.42 Å². The van der Waals surface area contributed by atoms with Crippen LogP contribution in [0.15, 0.2) is 59.5 Å². The molecule has 7 heteroatoms. The number of ether oxygens (including phenoxy) is 1.